The quantitative estimate of drug-likeness (QED) is 0.853. The summed E-state index contributed by atoms with van der Waals surface area (Å²) >= 11 is 0. The van der Waals surface area contributed by atoms with Crippen LogP contribution < -0.4 is 4.90 Å². The molecule has 0 unspecified atom stereocenters. The fourth-order valence-electron chi connectivity index (χ4n) is 3.51. The number of ether oxygens (including phenoxy) is 1. The number of carbonyl (C=O) groups excluding carboxylic acids is 2. The Morgan fingerprint density at radius 1 is 1.21 bits per heavy atom. The highest BCUT2D eigenvalue weighted by Gasteiger charge is 2.43. The van der Waals surface area contributed by atoms with Crippen LogP contribution in [-0.4, -0.2) is 48.6 Å². The van der Waals surface area contributed by atoms with E-state index in [-0.39, 0.29) is 24.0 Å². The fourth-order valence-corrected chi connectivity index (χ4v) is 3.51. The SMILES string of the molecule is CCCCC(=O)N1CCC2(CC1)CN(c1ccccc1)C(=O)CO2. The van der Waals surface area contributed by atoms with E-state index in [0.29, 0.717) is 13.0 Å². The van der Waals surface area contributed by atoms with E-state index in [1.54, 1.807) is 0 Å². The van der Waals surface area contributed by atoms with Crippen molar-refractivity contribution >= 4 is 17.5 Å². The summed E-state index contributed by atoms with van der Waals surface area (Å²) in [4.78, 5) is 28.2. The molecule has 5 nitrogen and oxygen atoms in total. The molecule has 0 aliphatic carbocycles. The first-order valence-corrected chi connectivity index (χ1v) is 8.91. The average Bonchev–Trinajstić information content (AvgIpc) is 2.63. The van der Waals surface area contributed by atoms with Gasteiger partial charge in [-0.05, 0) is 31.4 Å². The smallest absolute Gasteiger partial charge is 0.253 e. The Morgan fingerprint density at radius 2 is 1.92 bits per heavy atom. The summed E-state index contributed by atoms with van der Waals surface area (Å²) in [5, 5.41) is 0. The van der Waals surface area contributed by atoms with E-state index in [9.17, 15) is 9.59 Å². The van der Waals surface area contributed by atoms with Gasteiger partial charge in [0.15, 0.2) is 0 Å². The van der Waals surface area contributed by atoms with Crippen LogP contribution in [0.15, 0.2) is 30.3 Å². The third kappa shape index (κ3) is 3.61. The summed E-state index contributed by atoms with van der Waals surface area (Å²) in [6.07, 6.45) is 4.22. The first kappa shape index (κ1) is 17.0. The summed E-state index contributed by atoms with van der Waals surface area (Å²) in [6, 6.07) is 9.75. The third-order valence-electron chi connectivity index (χ3n) is 5.09. The van der Waals surface area contributed by atoms with Crippen molar-refractivity contribution in [2.45, 2.75) is 44.6 Å². The second-order valence-electron chi connectivity index (χ2n) is 6.77. The number of likely N-dealkylation sites (tertiary alicyclic amines) is 1. The molecule has 0 radical (unpaired) electrons. The van der Waals surface area contributed by atoms with Gasteiger partial charge in [0.2, 0.25) is 5.91 Å². The topological polar surface area (TPSA) is 49.9 Å². The van der Waals surface area contributed by atoms with Crippen LogP contribution in [0.25, 0.3) is 0 Å². The monoisotopic (exact) mass is 330 g/mol. The number of carbonyl (C=O) groups is 2. The molecule has 1 aromatic rings. The lowest BCUT2D eigenvalue weighted by molar-refractivity contribution is -0.150. The van der Waals surface area contributed by atoms with Gasteiger partial charge in [-0.15, -0.1) is 0 Å². The van der Waals surface area contributed by atoms with E-state index in [2.05, 4.69) is 6.92 Å². The molecule has 0 N–H and O–H groups in total. The highest BCUT2D eigenvalue weighted by molar-refractivity contribution is 5.95. The number of rotatable bonds is 4. The number of benzene rings is 1. The molecule has 3 rings (SSSR count). The average molecular weight is 330 g/mol. The zero-order valence-corrected chi connectivity index (χ0v) is 14.4. The first-order chi connectivity index (χ1) is 11.6. The molecular formula is C19H26N2O3. The van der Waals surface area contributed by atoms with Crippen molar-refractivity contribution in [3.8, 4) is 0 Å². The van der Waals surface area contributed by atoms with Crippen molar-refractivity contribution in [3.63, 3.8) is 0 Å². The second-order valence-corrected chi connectivity index (χ2v) is 6.77. The predicted molar refractivity (Wildman–Crippen MR) is 92.8 cm³/mol. The van der Waals surface area contributed by atoms with Crippen LogP contribution in [0.5, 0.6) is 0 Å². The Hall–Kier alpha value is -1.88. The Balaban J connectivity index is 1.63. The van der Waals surface area contributed by atoms with Gasteiger partial charge < -0.3 is 14.5 Å². The van der Waals surface area contributed by atoms with Crippen molar-refractivity contribution in [1.82, 2.24) is 4.90 Å². The predicted octanol–water partition coefficient (Wildman–Crippen LogP) is 2.60. The van der Waals surface area contributed by atoms with Crippen LogP contribution in [0.1, 0.15) is 39.0 Å². The van der Waals surface area contributed by atoms with Crippen molar-refractivity contribution in [1.29, 1.82) is 0 Å². The molecule has 2 aliphatic rings. The summed E-state index contributed by atoms with van der Waals surface area (Å²) in [6.45, 7) is 4.24. The van der Waals surface area contributed by atoms with Gasteiger partial charge in [-0.2, -0.15) is 0 Å². The molecule has 0 saturated carbocycles. The lowest BCUT2D eigenvalue weighted by atomic mass is 9.88. The van der Waals surface area contributed by atoms with Gasteiger partial charge in [0.05, 0.1) is 12.1 Å². The standard InChI is InChI=1S/C19H26N2O3/c1-2-3-9-17(22)20-12-10-19(11-13-20)15-21(18(23)14-24-19)16-7-5-4-6-8-16/h4-8H,2-3,9-15H2,1H3. The minimum Gasteiger partial charge on any atom is -0.363 e. The minimum atomic E-state index is -0.314. The van der Waals surface area contributed by atoms with Gasteiger partial charge in [0.25, 0.3) is 5.91 Å². The number of piperidine rings is 1. The maximum atomic E-state index is 12.2. The lowest BCUT2D eigenvalue weighted by Gasteiger charge is -2.47. The van der Waals surface area contributed by atoms with Crippen LogP contribution in [0, 0.1) is 0 Å². The van der Waals surface area contributed by atoms with Crippen LogP contribution in [0.3, 0.4) is 0 Å². The number of anilines is 1. The van der Waals surface area contributed by atoms with Crippen LogP contribution in [0.4, 0.5) is 5.69 Å². The Morgan fingerprint density at radius 3 is 2.58 bits per heavy atom. The molecule has 0 atom stereocenters. The number of para-hydroxylation sites is 1. The van der Waals surface area contributed by atoms with E-state index in [1.165, 1.54) is 0 Å². The summed E-state index contributed by atoms with van der Waals surface area (Å²) in [5.41, 5.74) is 0.609. The Bertz CT molecular complexity index is 580. The number of hydrogen-bond donors (Lipinski definition) is 0. The van der Waals surface area contributed by atoms with E-state index >= 15 is 0 Å². The van der Waals surface area contributed by atoms with Crippen LogP contribution in [0.2, 0.25) is 0 Å². The highest BCUT2D eigenvalue weighted by Crippen LogP contribution is 2.32. The van der Waals surface area contributed by atoms with Gasteiger partial charge >= 0.3 is 0 Å². The van der Waals surface area contributed by atoms with Gasteiger partial charge in [0, 0.05) is 25.2 Å². The molecule has 2 fully saturated rings. The molecule has 5 heteroatoms. The van der Waals surface area contributed by atoms with Crippen LogP contribution >= 0.6 is 0 Å². The van der Waals surface area contributed by atoms with Crippen molar-refractivity contribution < 1.29 is 14.3 Å². The Labute approximate surface area is 143 Å². The molecule has 0 bridgehead atoms. The molecule has 2 amide bonds. The normalized spacial score (nSPS) is 20.5. The number of amides is 2. The van der Waals surface area contributed by atoms with Gasteiger partial charge in [-0.25, -0.2) is 0 Å². The first-order valence-electron chi connectivity index (χ1n) is 8.91. The van der Waals surface area contributed by atoms with Gasteiger partial charge in [-0.3, -0.25) is 9.59 Å². The minimum absolute atomic E-state index is 0.00766. The molecular weight excluding hydrogens is 304 g/mol. The molecule has 1 aromatic carbocycles. The second kappa shape index (κ2) is 7.34. The van der Waals surface area contributed by atoms with Crippen molar-refractivity contribution in [2.75, 3.05) is 31.1 Å². The van der Waals surface area contributed by atoms with Crippen molar-refractivity contribution in [2.24, 2.45) is 0 Å². The number of hydrogen-bond acceptors (Lipinski definition) is 3. The zero-order chi connectivity index (χ0) is 17.0. The van der Waals surface area contributed by atoms with E-state index in [1.807, 2.05) is 40.1 Å². The number of morpholine rings is 1. The molecule has 2 saturated heterocycles. The number of unbranched alkanes of at least 4 members (excludes halogenated alkanes) is 1. The largest absolute Gasteiger partial charge is 0.363 e. The van der Waals surface area contributed by atoms with Gasteiger partial charge in [0.1, 0.15) is 6.61 Å². The lowest BCUT2D eigenvalue weighted by Crippen LogP contribution is -2.59. The third-order valence-corrected chi connectivity index (χ3v) is 5.09. The fraction of sp³-hybridized carbons (Fsp3) is 0.579. The zero-order valence-electron chi connectivity index (χ0n) is 14.4. The van der Waals surface area contributed by atoms with Crippen molar-refractivity contribution in [3.05, 3.63) is 30.3 Å². The molecule has 24 heavy (non-hydrogen) atoms. The maximum absolute atomic E-state index is 12.2. The van der Waals surface area contributed by atoms with Crippen LogP contribution in [-0.2, 0) is 14.3 Å². The van der Waals surface area contributed by atoms with E-state index in [4.69, 9.17) is 4.74 Å². The summed E-state index contributed by atoms with van der Waals surface area (Å²) < 4.78 is 5.95. The summed E-state index contributed by atoms with van der Waals surface area (Å²) in [5.74, 6) is 0.256. The van der Waals surface area contributed by atoms with E-state index < -0.39 is 0 Å². The van der Waals surface area contributed by atoms with Gasteiger partial charge in [-0.1, -0.05) is 31.5 Å². The number of nitrogens with zero attached hydrogens (tertiary/aromatic N) is 2. The molecule has 2 aliphatic heterocycles. The molecule has 130 valence electrons. The maximum Gasteiger partial charge on any atom is 0.253 e. The van der Waals surface area contributed by atoms with E-state index in [0.717, 1.165) is 44.5 Å². The highest BCUT2D eigenvalue weighted by atomic mass is 16.5. The Kier molecular flexibility index (Phi) is 5.19. The molecule has 2 heterocycles. The molecule has 0 aromatic heterocycles. The summed E-state index contributed by atoms with van der Waals surface area (Å²) in [7, 11) is 0. The molecule has 1 spiro atoms.